The van der Waals surface area contributed by atoms with Crippen molar-refractivity contribution in [2.75, 3.05) is 20.1 Å². The van der Waals surface area contributed by atoms with Crippen molar-refractivity contribution in [1.82, 2.24) is 10.2 Å². The monoisotopic (exact) mass is 299 g/mol. The quantitative estimate of drug-likeness (QED) is 0.455. The van der Waals surface area contributed by atoms with Gasteiger partial charge in [0.25, 0.3) is 5.69 Å². The highest BCUT2D eigenvalue weighted by atomic mass is 35.5. The second-order valence-electron chi connectivity index (χ2n) is 4.95. The summed E-state index contributed by atoms with van der Waals surface area (Å²) in [7, 11) is 2.09. The second-order valence-corrected chi connectivity index (χ2v) is 5.35. The van der Waals surface area contributed by atoms with Crippen molar-refractivity contribution in [3.63, 3.8) is 0 Å². The zero-order valence-electron chi connectivity index (χ0n) is 12.2. The van der Waals surface area contributed by atoms with Gasteiger partial charge in [-0.3, -0.25) is 10.1 Å². The Kier molecular flexibility index (Phi) is 6.91. The van der Waals surface area contributed by atoms with Crippen molar-refractivity contribution in [2.45, 2.75) is 32.9 Å². The molecular formula is C14H22ClN3O2. The fourth-order valence-corrected chi connectivity index (χ4v) is 2.01. The van der Waals surface area contributed by atoms with Gasteiger partial charge in [-0.05, 0) is 32.0 Å². The average molecular weight is 300 g/mol. The van der Waals surface area contributed by atoms with E-state index in [9.17, 15) is 10.1 Å². The molecule has 1 unspecified atom stereocenters. The molecule has 0 radical (unpaired) electrons. The Hall–Kier alpha value is -1.17. The highest BCUT2D eigenvalue weighted by molar-refractivity contribution is 6.31. The van der Waals surface area contributed by atoms with Crippen molar-refractivity contribution < 1.29 is 4.92 Å². The fourth-order valence-electron chi connectivity index (χ4n) is 1.82. The molecule has 0 aliphatic rings. The van der Waals surface area contributed by atoms with E-state index in [-0.39, 0.29) is 5.69 Å². The van der Waals surface area contributed by atoms with E-state index in [2.05, 4.69) is 31.1 Å². The molecule has 112 valence electrons. The first kappa shape index (κ1) is 16.9. The molecule has 0 fully saturated rings. The number of halogens is 1. The Bertz CT molecular complexity index is 454. The molecule has 1 aromatic rings. The third-order valence-corrected chi connectivity index (χ3v) is 3.91. The molecule has 0 aliphatic heterocycles. The number of hydrogen-bond donors (Lipinski definition) is 1. The van der Waals surface area contributed by atoms with Crippen LogP contribution in [0.1, 0.15) is 25.8 Å². The minimum absolute atomic E-state index is 0.0722. The number of hydrogen-bond acceptors (Lipinski definition) is 4. The van der Waals surface area contributed by atoms with Crippen LogP contribution in [0.2, 0.25) is 5.02 Å². The van der Waals surface area contributed by atoms with Gasteiger partial charge >= 0.3 is 0 Å². The molecule has 0 bridgehead atoms. The van der Waals surface area contributed by atoms with E-state index in [1.165, 1.54) is 12.1 Å². The summed E-state index contributed by atoms with van der Waals surface area (Å²) in [5, 5.41) is 14.6. The molecule has 1 atom stereocenters. The average Bonchev–Trinajstić information content (AvgIpc) is 2.43. The van der Waals surface area contributed by atoms with Gasteiger partial charge in [-0.15, -0.1) is 0 Å². The van der Waals surface area contributed by atoms with Crippen LogP contribution in [0.15, 0.2) is 18.2 Å². The number of nitrogens with one attached hydrogen (secondary N) is 1. The molecule has 0 saturated carbocycles. The topological polar surface area (TPSA) is 58.4 Å². The van der Waals surface area contributed by atoms with Gasteiger partial charge in [-0.2, -0.15) is 0 Å². The molecule has 20 heavy (non-hydrogen) atoms. The zero-order valence-corrected chi connectivity index (χ0v) is 13.0. The van der Waals surface area contributed by atoms with Crippen LogP contribution in [-0.2, 0) is 6.54 Å². The van der Waals surface area contributed by atoms with Crippen LogP contribution < -0.4 is 5.32 Å². The van der Waals surface area contributed by atoms with E-state index in [0.29, 0.717) is 17.6 Å². The first-order chi connectivity index (χ1) is 9.45. The molecule has 0 aliphatic carbocycles. The van der Waals surface area contributed by atoms with Gasteiger partial charge in [0.05, 0.1) is 4.92 Å². The van der Waals surface area contributed by atoms with Crippen molar-refractivity contribution >= 4 is 17.3 Å². The number of benzene rings is 1. The largest absolute Gasteiger partial charge is 0.311 e. The number of likely N-dealkylation sites (N-methyl/N-ethyl adjacent to an activating group) is 1. The SMILES string of the molecule is CCC(C)N(C)CCNCc1cc([N+](=O)[O-])ccc1Cl. The van der Waals surface area contributed by atoms with Crippen LogP contribution in [0.4, 0.5) is 5.69 Å². The summed E-state index contributed by atoms with van der Waals surface area (Å²) in [5.74, 6) is 0. The summed E-state index contributed by atoms with van der Waals surface area (Å²) in [5.41, 5.74) is 0.829. The Morgan fingerprint density at radius 2 is 2.20 bits per heavy atom. The lowest BCUT2D eigenvalue weighted by molar-refractivity contribution is -0.384. The number of nitrogens with zero attached hydrogens (tertiary/aromatic N) is 2. The van der Waals surface area contributed by atoms with Crippen LogP contribution >= 0.6 is 11.6 Å². The molecule has 0 spiro atoms. The van der Waals surface area contributed by atoms with Crippen LogP contribution in [0.5, 0.6) is 0 Å². The van der Waals surface area contributed by atoms with Crippen LogP contribution in [0.3, 0.4) is 0 Å². The first-order valence-corrected chi connectivity index (χ1v) is 7.17. The summed E-state index contributed by atoms with van der Waals surface area (Å²) in [6.07, 6.45) is 1.12. The number of nitro benzene ring substituents is 1. The lowest BCUT2D eigenvalue weighted by Gasteiger charge is -2.23. The van der Waals surface area contributed by atoms with Gasteiger partial charge in [0, 0.05) is 42.8 Å². The molecule has 0 saturated heterocycles. The minimum Gasteiger partial charge on any atom is -0.311 e. The van der Waals surface area contributed by atoms with E-state index in [1.807, 2.05) is 0 Å². The van der Waals surface area contributed by atoms with E-state index in [0.717, 1.165) is 25.1 Å². The van der Waals surface area contributed by atoms with E-state index in [4.69, 9.17) is 11.6 Å². The third-order valence-electron chi connectivity index (χ3n) is 3.54. The molecule has 5 nitrogen and oxygen atoms in total. The summed E-state index contributed by atoms with van der Waals surface area (Å²) in [6.45, 7) is 6.64. The van der Waals surface area contributed by atoms with Gasteiger partial charge < -0.3 is 10.2 Å². The van der Waals surface area contributed by atoms with E-state index < -0.39 is 4.92 Å². The highest BCUT2D eigenvalue weighted by Crippen LogP contribution is 2.21. The van der Waals surface area contributed by atoms with E-state index in [1.54, 1.807) is 6.07 Å². The second kappa shape index (κ2) is 8.19. The third kappa shape index (κ3) is 5.07. The zero-order chi connectivity index (χ0) is 15.1. The van der Waals surface area contributed by atoms with Gasteiger partial charge in [-0.25, -0.2) is 0 Å². The smallest absolute Gasteiger partial charge is 0.269 e. The number of rotatable bonds is 8. The molecule has 0 heterocycles. The maximum Gasteiger partial charge on any atom is 0.269 e. The molecule has 1 aromatic carbocycles. The van der Waals surface area contributed by atoms with Gasteiger partial charge in [0.15, 0.2) is 0 Å². The van der Waals surface area contributed by atoms with Crippen LogP contribution in [0.25, 0.3) is 0 Å². The maximum atomic E-state index is 10.7. The molecule has 0 amide bonds. The summed E-state index contributed by atoms with van der Waals surface area (Å²) in [6, 6.07) is 5.07. The van der Waals surface area contributed by atoms with Gasteiger partial charge in [-0.1, -0.05) is 18.5 Å². The Morgan fingerprint density at radius 1 is 1.50 bits per heavy atom. The van der Waals surface area contributed by atoms with Crippen molar-refractivity contribution in [3.8, 4) is 0 Å². The summed E-state index contributed by atoms with van der Waals surface area (Å²) < 4.78 is 0. The molecule has 6 heteroatoms. The fraction of sp³-hybridized carbons (Fsp3) is 0.571. The van der Waals surface area contributed by atoms with Crippen molar-refractivity contribution in [3.05, 3.63) is 38.9 Å². The molecule has 1 rings (SSSR count). The highest BCUT2D eigenvalue weighted by Gasteiger charge is 2.10. The maximum absolute atomic E-state index is 10.7. The van der Waals surface area contributed by atoms with Gasteiger partial charge in [0.1, 0.15) is 0 Å². The molecule has 0 aromatic heterocycles. The van der Waals surface area contributed by atoms with Crippen molar-refractivity contribution in [1.29, 1.82) is 0 Å². The summed E-state index contributed by atoms with van der Waals surface area (Å²) >= 11 is 6.04. The Labute approximate surface area is 125 Å². The van der Waals surface area contributed by atoms with Gasteiger partial charge in [0.2, 0.25) is 0 Å². The number of nitro groups is 1. The van der Waals surface area contributed by atoms with Crippen LogP contribution in [0, 0.1) is 10.1 Å². The standard InChI is InChI=1S/C14H22ClN3O2/c1-4-11(2)17(3)8-7-16-10-12-9-13(18(19)20)5-6-14(12)15/h5-6,9,11,16H,4,7-8,10H2,1-3H3. The van der Waals surface area contributed by atoms with Crippen molar-refractivity contribution in [2.24, 2.45) is 0 Å². The Balaban J connectivity index is 2.46. The summed E-state index contributed by atoms with van der Waals surface area (Å²) in [4.78, 5) is 12.6. The lowest BCUT2D eigenvalue weighted by Crippen LogP contribution is -2.34. The lowest BCUT2D eigenvalue weighted by atomic mass is 10.2. The van der Waals surface area contributed by atoms with Crippen LogP contribution in [-0.4, -0.2) is 36.0 Å². The molecular weight excluding hydrogens is 278 g/mol. The predicted octanol–water partition coefficient (Wildman–Crippen LogP) is 3.07. The van der Waals surface area contributed by atoms with E-state index >= 15 is 0 Å². The predicted molar refractivity (Wildman–Crippen MR) is 82.2 cm³/mol. The first-order valence-electron chi connectivity index (χ1n) is 6.79. The molecule has 1 N–H and O–H groups in total. The Morgan fingerprint density at radius 3 is 2.80 bits per heavy atom. The normalized spacial score (nSPS) is 12.7. The number of non-ortho nitro benzene ring substituents is 1. The minimum atomic E-state index is -0.406.